The molecule has 3 aliphatic rings. The van der Waals surface area contributed by atoms with E-state index < -0.39 is 17.5 Å². The molecule has 0 atom stereocenters. The average Bonchev–Trinajstić information content (AvgIpc) is 3.53. The van der Waals surface area contributed by atoms with Crippen molar-refractivity contribution < 1.29 is 13.9 Å². The van der Waals surface area contributed by atoms with Crippen molar-refractivity contribution in [3.8, 4) is 6.07 Å². The van der Waals surface area contributed by atoms with E-state index in [0.717, 1.165) is 43.0 Å². The first-order valence-corrected chi connectivity index (χ1v) is 8.97. The van der Waals surface area contributed by atoms with Crippen LogP contribution in [0.4, 0.5) is 20.6 Å². The normalized spacial score (nSPS) is 20.9. The molecule has 0 aromatic heterocycles. The van der Waals surface area contributed by atoms with E-state index in [1.165, 1.54) is 17.0 Å². The van der Waals surface area contributed by atoms with Gasteiger partial charge in [0, 0.05) is 17.4 Å². The molecular weight excluding hydrogens is 331 g/mol. The second-order valence-corrected chi connectivity index (χ2v) is 7.37. The minimum atomic E-state index is -0.550. The SMILES string of the molecule is N#Cc1cc(F)cc(N2C(=O)OC(C3CC3)(C3CC3)c3ccccc32)c1. The summed E-state index contributed by atoms with van der Waals surface area (Å²) in [4.78, 5) is 14.4. The fraction of sp³-hybridized carbons (Fsp3) is 0.333. The lowest BCUT2D eigenvalue weighted by molar-refractivity contribution is -0.0300. The molecule has 0 radical (unpaired) electrons. The van der Waals surface area contributed by atoms with Gasteiger partial charge >= 0.3 is 6.09 Å². The van der Waals surface area contributed by atoms with E-state index in [0.29, 0.717) is 17.5 Å². The molecule has 0 saturated heterocycles. The van der Waals surface area contributed by atoms with Crippen LogP contribution in [0.3, 0.4) is 0 Å². The van der Waals surface area contributed by atoms with Crippen LogP contribution >= 0.6 is 0 Å². The summed E-state index contributed by atoms with van der Waals surface area (Å²) >= 11 is 0. The topological polar surface area (TPSA) is 53.3 Å². The van der Waals surface area contributed by atoms with Gasteiger partial charge < -0.3 is 4.74 Å². The molecule has 0 spiro atoms. The van der Waals surface area contributed by atoms with Gasteiger partial charge in [0.1, 0.15) is 11.4 Å². The van der Waals surface area contributed by atoms with Crippen molar-refractivity contribution in [3.63, 3.8) is 0 Å². The molecule has 0 bridgehead atoms. The van der Waals surface area contributed by atoms with Crippen molar-refractivity contribution in [2.75, 3.05) is 4.90 Å². The van der Waals surface area contributed by atoms with Crippen molar-refractivity contribution in [1.82, 2.24) is 0 Å². The molecule has 0 unspecified atom stereocenters. The smallest absolute Gasteiger partial charge is 0.419 e. The zero-order valence-corrected chi connectivity index (χ0v) is 14.1. The van der Waals surface area contributed by atoms with Gasteiger partial charge in [0.25, 0.3) is 0 Å². The van der Waals surface area contributed by atoms with Gasteiger partial charge in [-0.05, 0) is 49.9 Å². The van der Waals surface area contributed by atoms with E-state index in [4.69, 9.17) is 10.00 Å². The number of rotatable bonds is 3. The highest BCUT2D eigenvalue weighted by Gasteiger charge is 2.61. The molecule has 1 aliphatic heterocycles. The first kappa shape index (κ1) is 15.4. The number of amides is 1. The molecule has 1 heterocycles. The fourth-order valence-corrected chi connectivity index (χ4v) is 4.32. The van der Waals surface area contributed by atoms with Gasteiger partial charge in [-0.15, -0.1) is 0 Å². The zero-order valence-electron chi connectivity index (χ0n) is 14.1. The number of cyclic esters (lactones) is 1. The van der Waals surface area contributed by atoms with Gasteiger partial charge in [-0.2, -0.15) is 5.26 Å². The third-order valence-electron chi connectivity index (χ3n) is 5.64. The minimum Gasteiger partial charge on any atom is -0.437 e. The Morgan fingerprint density at radius 3 is 2.46 bits per heavy atom. The molecule has 0 N–H and O–H groups in total. The lowest BCUT2D eigenvalue weighted by Gasteiger charge is -2.43. The van der Waals surface area contributed by atoms with Crippen molar-refractivity contribution in [3.05, 3.63) is 59.4 Å². The summed E-state index contributed by atoms with van der Waals surface area (Å²) in [6, 6.07) is 13.6. The Morgan fingerprint density at radius 1 is 1.12 bits per heavy atom. The summed E-state index contributed by atoms with van der Waals surface area (Å²) in [7, 11) is 0. The average molecular weight is 348 g/mol. The number of ether oxygens (including phenoxy) is 1. The van der Waals surface area contributed by atoms with Crippen molar-refractivity contribution in [2.45, 2.75) is 31.3 Å². The number of carbonyl (C=O) groups is 1. The number of hydrogen-bond donors (Lipinski definition) is 0. The van der Waals surface area contributed by atoms with E-state index in [9.17, 15) is 9.18 Å². The number of fused-ring (bicyclic) bond motifs is 1. The molecule has 130 valence electrons. The van der Waals surface area contributed by atoms with Gasteiger partial charge in [0.05, 0.1) is 23.0 Å². The maximum atomic E-state index is 14.0. The first-order valence-electron chi connectivity index (χ1n) is 8.97. The third kappa shape index (κ3) is 2.15. The number of anilines is 2. The van der Waals surface area contributed by atoms with Gasteiger partial charge in [-0.1, -0.05) is 18.2 Å². The Labute approximate surface area is 150 Å². The van der Waals surface area contributed by atoms with E-state index in [1.54, 1.807) is 0 Å². The highest BCUT2D eigenvalue weighted by Crippen LogP contribution is 2.63. The summed E-state index contributed by atoms with van der Waals surface area (Å²) in [6.07, 6.45) is 3.78. The van der Waals surface area contributed by atoms with Gasteiger partial charge in [-0.25, -0.2) is 14.1 Å². The van der Waals surface area contributed by atoms with Gasteiger partial charge in [0.15, 0.2) is 0 Å². The maximum absolute atomic E-state index is 14.0. The molecule has 26 heavy (non-hydrogen) atoms. The predicted octanol–water partition coefficient (Wildman–Crippen LogP) is 5.00. The number of hydrogen-bond acceptors (Lipinski definition) is 3. The van der Waals surface area contributed by atoms with Crippen LogP contribution in [0.25, 0.3) is 0 Å². The van der Waals surface area contributed by atoms with Crippen LogP contribution in [0.5, 0.6) is 0 Å². The lowest BCUT2D eigenvalue weighted by atomic mass is 9.81. The molecule has 5 heteroatoms. The molecule has 5 rings (SSSR count). The van der Waals surface area contributed by atoms with Crippen molar-refractivity contribution in [1.29, 1.82) is 5.26 Å². The second-order valence-electron chi connectivity index (χ2n) is 7.37. The fourth-order valence-electron chi connectivity index (χ4n) is 4.32. The molecule has 1 amide bonds. The highest BCUT2D eigenvalue weighted by atomic mass is 19.1. The molecule has 2 aromatic carbocycles. The molecule has 2 saturated carbocycles. The van der Waals surface area contributed by atoms with Crippen LogP contribution in [0.1, 0.15) is 36.8 Å². The van der Waals surface area contributed by atoms with E-state index in [1.807, 2.05) is 30.3 Å². The molecule has 2 fully saturated rings. The summed E-state index contributed by atoms with van der Waals surface area (Å²) in [5, 5.41) is 9.14. The molecule has 2 aliphatic carbocycles. The third-order valence-corrected chi connectivity index (χ3v) is 5.64. The molecular formula is C21H17FN2O2. The lowest BCUT2D eigenvalue weighted by Crippen LogP contribution is -2.47. The van der Waals surface area contributed by atoms with Crippen LogP contribution < -0.4 is 4.90 Å². The maximum Gasteiger partial charge on any atom is 0.419 e. The number of carbonyl (C=O) groups excluding carboxylic acids is 1. The van der Waals surface area contributed by atoms with Crippen LogP contribution in [0.15, 0.2) is 42.5 Å². The van der Waals surface area contributed by atoms with Crippen molar-refractivity contribution in [2.24, 2.45) is 11.8 Å². The number of benzene rings is 2. The molecule has 2 aromatic rings. The Kier molecular flexibility index (Phi) is 3.14. The predicted molar refractivity (Wildman–Crippen MR) is 93.3 cm³/mol. The van der Waals surface area contributed by atoms with Crippen LogP contribution in [0, 0.1) is 29.0 Å². The Morgan fingerprint density at radius 2 is 1.81 bits per heavy atom. The standard InChI is InChI=1S/C21H17FN2O2/c22-16-9-13(12-23)10-17(11-16)24-19-4-2-1-3-18(19)21(14-5-6-14,15-7-8-15)26-20(24)25/h1-4,9-11,14-15H,5-8H2. The Balaban J connectivity index is 1.70. The number of para-hydroxylation sites is 1. The number of halogens is 1. The first-order chi connectivity index (χ1) is 12.6. The van der Waals surface area contributed by atoms with Crippen LogP contribution in [-0.2, 0) is 10.3 Å². The van der Waals surface area contributed by atoms with Crippen molar-refractivity contribution >= 4 is 17.5 Å². The summed E-state index contributed by atoms with van der Waals surface area (Å²) in [6.45, 7) is 0. The van der Waals surface area contributed by atoms with E-state index in [2.05, 4.69) is 0 Å². The molecule has 4 nitrogen and oxygen atoms in total. The summed E-state index contributed by atoms with van der Waals surface area (Å²) < 4.78 is 20.1. The van der Waals surface area contributed by atoms with Gasteiger partial charge in [0.2, 0.25) is 0 Å². The summed E-state index contributed by atoms with van der Waals surface area (Å²) in [5.41, 5.74) is 1.69. The van der Waals surface area contributed by atoms with E-state index in [-0.39, 0.29) is 5.56 Å². The monoisotopic (exact) mass is 348 g/mol. The highest BCUT2D eigenvalue weighted by molar-refractivity contribution is 5.99. The minimum absolute atomic E-state index is 0.173. The number of nitriles is 1. The summed E-state index contributed by atoms with van der Waals surface area (Å²) in [5.74, 6) is 0.180. The van der Waals surface area contributed by atoms with Crippen LogP contribution in [0.2, 0.25) is 0 Å². The number of nitrogens with zero attached hydrogens (tertiary/aromatic N) is 2. The van der Waals surface area contributed by atoms with Gasteiger partial charge in [-0.3, -0.25) is 0 Å². The Hall–Kier alpha value is -2.87. The second kappa shape index (κ2) is 5.31. The quantitative estimate of drug-likeness (QED) is 0.784. The Bertz CT molecular complexity index is 945. The largest absolute Gasteiger partial charge is 0.437 e. The zero-order chi connectivity index (χ0) is 17.9. The van der Waals surface area contributed by atoms with E-state index >= 15 is 0 Å². The van der Waals surface area contributed by atoms with Crippen LogP contribution in [-0.4, -0.2) is 6.09 Å².